The lowest BCUT2D eigenvalue weighted by atomic mass is 9.94. The Kier molecular flexibility index (Phi) is 3.84. The summed E-state index contributed by atoms with van der Waals surface area (Å²) in [6.45, 7) is 9.17. The number of rotatable bonds is 4. The Morgan fingerprint density at radius 1 is 1.59 bits per heavy atom. The van der Waals surface area contributed by atoms with Crippen molar-refractivity contribution in [1.29, 1.82) is 0 Å². The van der Waals surface area contributed by atoms with Crippen LogP contribution in [0.5, 0.6) is 0 Å². The van der Waals surface area contributed by atoms with Crippen LogP contribution in [0.1, 0.15) is 32.3 Å². The van der Waals surface area contributed by atoms with E-state index >= 15 is 0 Å². The topological polar surface area (TPSA) is 39.1 Å². The highest BCUT2D eigenvalue weighted by Crippen LogP contribution is 2.23. The second kappa shape index (κ2) is 5.19. The Labute approximate surface area is 103 Å². The zero-order chi connectivity index (χ0) is 12.3. The van der Waals surface area contributed by atoms with E-state index in [0.717, 1.165) is 32.5 Å². The van der Waals surface area contributed by atoms with Gasteiger partial charge < -0.3 is 10.1 Å². The Morgan fingerprint density at radius 3 is 3.06 bits per heavy atom. The molecule has 0 bridgehead atoms. The second-order valence-electron chi connectivity index (χ2n) is 5.53. The molecule has 2 rings (SSSR count). The summed E-state index contributed by atoms with van der Waals surface area (Å²) in [7, 11) is 0. The van der Waals surface area contributed by atoms with Crippen LogP contribution in [0.25, 0.3) is 0 Å². The van der Waals surface area contributed by atoms with Crippen molar-refractivity contribution in [3.63, 3.8) is 0 Å². The SMILES string of the molecule is Cc1cnn(CCNC2CCOC(C)(C)C2)c1. The standard InChI is InChI=1S/C13H23N3O/c1-11-9-15-16(10-11)6-5-14-12-4-7-17-13(2,3)8-12/h9-10,12,14H,4-8H2,1-3H3. The Bertz CT molecular complexity index is 359. The lowest BCUT2D eigenvalue weighted by molar-refractivity contribution is -0.0628. The molecule has 1 N–H and O–H groups in total. The van der Waals surface area contributed by atoms with Crippen molar-refractivity contribution in [3.05, 3.63) is 18.0 Å². The molecule has 0 aromatic carbocycles. The molecule has 2 heterocycles. The molecule has 1 fully saturated rings. The summed E-state index contributed by atoms with van der Waals surface area (Å²) in [6, 6.07) is 0.579. The van der Waals surface area contributed by atoms with Crippen LogP contribution in [-0.2, 0) is 11.3 Å². The predicted octanol–water partition coefficient (Wildman–Crippen LogP) is 1.74. The van der Waals surface area contributed by atoms with Crippen molar-refractivity contribution in [2.24, 2.45) is 0 Å². The molecule has 17 heavy (non-hydrogen) atoms. The third-order valence-corrected chi connectivity index (χ3v) is 3.23. The summed E-state index contributed by atoms with van der Waals surface area (Å²) >= 11 is 0. The van der Waals surface area contributed by atoms with Crippen LogP contribution in [0.4, 0.5) is 0 Å². The van der Waals surface area contributed by atoms with Gasteiger partial charge in [0.1, 0.15) is 0 Å². The molecular weight excluding hydrogens is 214 g/mol. The highest BCUT2D eigenvalue weighted by molar-refractivity contribution is 4.99. The van der Waals surface area contributed by atoms with Crippen LogP contribution in [0, 0.1) is 6.92 Å². The van der Waals surface area contributed by atoms with Gasteiger partial charge in [0.2, 0.25) is 0 Å². The molecule has 1 atom stereocenters. The van der Waals surface area contributed by atoms with Gasteiger partial charge in [-0.25, -0.2) is 0 Å². The maximum absolute atomic E-state index is 5.71. The number of nitrogens with one attached hydrogen (secondary N) is 1. The maximum Gasteiger partial charge on any atom is 0.0641 e. The quantitative estimate of drug-likeness (QED) is 0.867. The van der Waals surface area contributed by atoms with Gasteiger partial charge in [-0.15, -0.1) is 0 Å². The number of ether oxygens (including phenoxy) is 1. The van der Waals surface area contributed by atoms with Gasteiger partial charge in [0.05, 0.1) is 18.3 Å². The van der Waals surface area contributed by atoms with Crippen LogP contribution in [0.15, 0.2) is 12.4 Å². The minimum atomic E-state index is 0.0260. The van der Waals surface area contributed by atoms with Gasteiger partial charge in [-0.3, -0.25) is 4.68 Å². The largest absolute Gasteiger partial charge is 0.375 e. The van der Waals surface area contributed by atoms with Crippen LogP contribution in [-0.4, -0.2) is 34.6 Å². The first-order valence-electron chi connectivity index (χ1n) is 6.42. The molecule has 1 saturated heterocycles. The minimum Gasteiger partial charge on any atom is -0.375 e. The summed E-state index contributed by atoms with van der Waals surface area (Å²) in [6.07, 6.45) is 6.18. The highest BCUT2D eigenvalue weighted by atomic mass is 16.5. The van der Waals surface area contributed by atoms with E-state index in [1.165, 1.54) is 5.56 Å². The molecule has 4 nitrogen and oxygen atoms in total. The van der Waals surface area contributed by atoms with E-state index < -0.39 is 0 Å². The molecular formula is C13H23N3O. The molecule has 0 spiro atoms. The summed E-state index contributed by atoms with van der Waals surface area (Å²) in [5, 5.41) is 7.87. The normalized spacial score (nSPS) is 23.8. The first-order chi connectivity index (χ1) is 8.05. The Balaban J connectivity index is 1.71. The van der Waals surface area contributed by atoms with Gasteiger partial charge in [0.25, 0.3) is 0 Å². The molecule has 1 aromatic rings. The number of aromatic nitrogens is 2. The van der Waals surface area contributed by atoms with Gasteiger partial charge in [0, 0.05) is 25.4 Å². The molecule has 96 valence electrons. The van der Waals surface area contributed by atoms with E-state index in [1.807, 2.05) is 10.9 Å². The number of hydrogen-bond acceptors (Lipinski definition) is 3. The summed E-state index contributed by atoms with van der Waals surface area (Å²) in [5.74, 6) is 0. The van der Waals surface area contributed by atoms with Crippen molar-refractivity contribution in [2.75, 3.05) is 13.2 Å². The Morgan fingerprint density at radius 2 is 2.41 bits per heavy atom. The Hall–Kier alpha value is -0.870. The van der Waals surface area contributed by atoms with E-state index in [4.69, 9.17) is 4.74 Å². The van der Waals surface area contributed by atoms with Crippen molar-refractivity contribution < 1.29 is 4.74 Å². The maximum atomic E-state index is 5.71. The third kappa shape index (κ3) is 3.82. The molecule has 0 radical (unpaired) electrons. The van der Waals surface area contributed by atoms with Crippen molar-refractivity contribution >= 4 is 0 Å². The third-order valence-electron chi connectivity index (χ3n) is 3.23. The molecule has 1 aromatic heterocycles. The smallest absolute Gasteiger partial charge is 0.0641 e. The fourth-order valence-electron chi connectivity index (χ4n) is 2.38. The summed E-state index contributed by atoms with van der Waals surface area (Å²) < 4.78 is 7.70. The van der Waals surface area contributed by atoms with Crippen LogP contribution in [0.3, 0.4) is 0 Å². The molecule has 0 aliphatic carbocycles. The van der Waals surface area contributed by atoms with Gasteiger partial charge in [-0.05, 0) is 39.2 Å². The lowest BCUT2D eigenvalue weighted by Crippen LogP contribution is -2.44. The average molecular weight is 237 g/mol. The second-order valence-corrected chi connectivity index (χ2v) is 5.53. The highest BCUT2D eigenvalue weighted by Gasteiger charge is 2.28. The fourth-order valence-corrected chi connectivity index (χ4v) is 2.38. The average Bonchev–Trinajstić information content (AvgIpc) is 2.63. The van der Waals surface area contributed by atoms with E-state index in [0.29, 0.717) is 6.04 Å². The number of hydrogen-bond donors (Lipinski definition) is 1. The summed E-state index contributed by atoms with van der Waals surface area (Å²) in [4.78, 5) is 0. The summed E-state index contributed by atoms with van der Waals surface area (Å²) in [5.41, 5.74) is 1.25. The first kappa shape index (κ1) is 12.6. The van der Waals surface area contributed by atoms with Crippen molar-refractivity contribution in [2.45, 2.75) is 51.8 Å². The molecule has 1 unspecified atom stereocenters. The molecule has 4 heteroatoms. The van der Waals surface area contributed by atoms with E-state index in [1.54, 1.807) is 0 Å². The van der Waals surface area contributed by atoms with E-state index in [-0.39, 0.29) is 5.60 Å². The fraction of sp³-hybridized carbons (Fsp3) is 0.769. The van der Waals surface area contributed by atoms with Gasteiger partial charge in [0.15, 0.2) is 0 Å². The van der Waals surface area contributed by atoms with Crippen LogP contribution >= 0.6 is 0 Å². The van der Waals surface area contributed by atoms with Gasteiger partial charge in [-0.2, -0.15) is 5.10 Å². The predicted molar refractivity (Wildman–Crippen MR) is 68.0 cm³/mol. The van der Waals surface area contributed by atoms with Crippen LogP contribution < -0.4 is 5.32 Å². The monoisotopic (exact) mass is 237 g/mol. The number of aryl methyl sites for hydroxylation is 1. The van der Waals surface area contributed by atoms with E-state index in [9.17, 15) is 0 Å². The first-order valence-corrected chi connectivity index (χ1v) is 6.42. The molecule has 1 aliphatic heterocycles. The van der Waals surface area contributed by atoms with Crippen molar-refractivity contribution in [1.82, 2.24) is 15.1 Å². The van der Waals surface area contributed by atoms with Gasteiger partial charge in [-0.1, -0.05) is 0 Å². The zero-order valence-electron chi connectivity index (χ0n) is 11.1. The van der Waals surface area contributed by atoms with Gasteiger partial charge >= 0.3 is 0 Å². The number of nitrogens with zero attached hydrogens (tertiary/aromatic N) is 2. The lowest BCUT2D eigenvalue weighted by Gasteiger charge is -2.36. The van der Waals surface area contributed by atoms with E-state index in [2.05, 4.69) is 37.4 Å². The van der Waals surface area contributed by atoms with Crippen LogP contribution in [0.2, 0.25) is 0 Å². The minimum absolute atomic E-state index is 0.0260. The zero-order valence-corrected chi connectivity index (χ0v) is 11.1. The molecule has 0 amide bonds. The molecule has 1 aliphatic rings. The molecule has 0 saturated carbocycles. The van der Waals surface area contributed by atoms with Crippen molar-refractivity contribution in [3.8, 4) is 0 Å².